The Kier molecular flexibility index (Phi) is 7.28. The van der Waals surface area contributed by atoms with Gasteiger partial charge in [-0.2, -0.15) is 11.3 Å². The van der Waals surface area contributed by atoms with Crippen LogP contribution in [-0.4, -0.2) is 32.6 Å². The van der Waals surface area contributed by atoms with Crippen LogP contribution in [0.1, 0.15) is 28.8 Å². The highest BCUT2D eigenvalue weighted by atomic mass is 32.1. The van der Waals surface area contributed by atoms with Gasteiger partial charge >= 0.3 is 0 Å². The number of amides is 2. The van der Waals surface area contributed by atoms with E-state index in [1.165, 1.54) is 11.3 Å². The molecule has 0 bridgehead atoms. The Morgan fingerprint density at radius 3 is 2.56 bits per heavy atom. The Bertz CT molecular complexity index is 701. The Labute approximate surface area is 151 Å². The summed E-state index contributed by atoms with van der Waals surface area (Å²) < 4.78 is 10.4. The first kappa shape index (κ1) is 18.8. The van der Waals surface area contributed by atoms with Gasteiger partial charge in [-0.3, -0.25) is 9.59 Å². The lowest BCUT2D eigenvalue weighted by Gasteiger charge is -2.10. The highest BCUT2D eigenvalue weighted by Crippen LogP contribution is 2.27. The average Bonchev–Trinajstić information content (AvgIpc) is 3.17. The van der Waals surface area contributed by atoms with Crippen LogP contribution in [0.25, 0.3) is 0 Å². The molecule has 0 spiro atoms. The summed E-state index contributed by atoms with van der Waals surface area (Å²) in [5.74, 6) is 1.12. The molecule has 1 heterocycles. The molecule has 1 aromatic carbocycles. The second kappa shape index (κ2) is 9.68. The van der Waals surface area contributed by atoms with Gasteiger partial charge in [-0.15, -0.1) is 0 Å². The first-order chi connectivity index (χ1) is 12.1. The summed E-state index contributed by atoms with van der Waals surface area (Å²) in [6.45, 7) is 0.888. The maximum absolute atomic E-state index is 11.9. The topological polar surface area (TPSA) is 76.7 Å². The lowest BCUT2D eigenvalue weighted by Crippen LogP contribution is -2.27. The van der Waals surface area contributed by atoms with Gasteiger partial charge < -0.3 is 20.1 Å². The van der Waals surface area contributed by atoms with Crippen molar-refractivity contribution >= 4 is 23.2 Å². The van der Waals surface area contributed by atoms with Crippen LogP contribution >= 0.6 is 11.3 Å². The Morgan fingerprint density at radius 2 is 1.88 bits per heavy atom. The van der Waals surface area contributed by atoms with Crippen LogP contribution < -0.4 is 20.1 Å². The van der Waals surface area contributed by atoms with E-state index in [1.807, 2.05) is 17.5 Å². The molecule has 0 aliphatic rings. The number of methoxy groups -OCH3 is 2. The predicted molar refractivity (Wildman–Crippen MR) is 97.3 cm³/mol. The standard InChI is InChI=1S/C18H22N2O4S/c1-23-15-6-5-13(10-16(15)24-2)11-20-17(21)4-3-8-19-18(22)14-7-9-25-12-14/h5-7,9-10,12H,3-4,8,11H2,1-2H3,(H,19,22)(H,20,21). The molecule has 1 aromatic heterocycles. The number of nitrogens with one attached hydrogen (secondary N) is 2. The minimum Gasteiger partial charge on any atom is -0.493 e. The molecule has 25 heavy (non-hydrogen) atoms. The monoisotopic (exact) mass is 362 g/mol. The lowest BCUT2D eigenvalue weighted by molar-refractivity contribution is -0.121. The van der Waals surface area contributed by atoms with E-state index < -0.39 is 0 Å². The van der Waals surface area contributed by atoms with Crippen LogP contribution in [-0.2, 0) is 11.3 Å². The van der Waals surface area contributed by atoms with Crippen LogP contribution in [0.5, 0.6) is 11.5 Å². The minimum absolute atomic E-state index is 0.0560. The molecule has 0 fully saturated rings. The van der Waals surface area contributed by atoms with E-state index in [-0.39, 0.29) is 11.8 Å². The third kappa shape index (κ3) is 5.79. The van der Waals surface area contributed by atoms with Crippen molar-refractivity contribution in [3.05, 3.63) is 46.2 Å². The van der Waals surface area contributed by atoms with Crippen LogP contribution in [0.4, 0.5) is 0 Å². The van der Waals surface area contributed by atoms with E-state index in [4.69, 9.17) is 9.47 Å². The van der Waals surface area contributed by atoms with E-state index >= 15 is 0 Å². The van der Waals surface area contributed by atoms with Crippen molar-refractivity contribution in [1.82, 2.24) is 10.6 Å². The summed E-state index contributed by atoms with van der Waals surface area (Å²) in [6, 6.07) is 7.29. The third-order valence-electron chi connectivity index (χ3n) is 3.59. The number of carbonyl (C=O) groups excluding carboxylic acids is 2. The zero-order chi connectivity index (χ0) is 18.1. The van der Waals surface area contributed by atoms with Crippen LogP contribution in [0, 0.1) is 0 Å². The van der Waals surface area contributed by atoms with E-state index in [1.54, 1.807) is 31.7 Å². The van der Waals surface area contributed by atoms with E-state index in [0.717, 1.165) is 5.56 Å². The van der Waals surface area contributed by atoms with Gasteiger partial charge in [0.15, 0.2) is 11.5 Å². The molecule has 2 rings (SSSR count). The molecular weight excluding hydrogens is 340 g/mol. The fraction of sp³-hybridized carbons (Fsp3) is 0.333. The zero-order valence-corrected chi connectivity index (χ0v) is 15.2. The maximum Gasteiger partial charge on any atom is 0.252 e. The van der Waals surface area contributed by atoms with Crippen LogP contribution in [0.2, 0.25) is 0 Å². The number of benzene rings is 1. The fourth-order valence-corrected chi connectivity index (χ4v) is 2.86. The molecule has 0 unspecified atom stereocenters. The van der Waals surface area contributed by atoms with E-state index in [0.29, 0.717) is 43.0 Å². The molecule has 0 saturated carbocycles. The Morgan fingerprint density at radius 1 is 1.08 bits per heavy atom. The van der Waals surface area contributed by atoms with Gasteiger partial charge in [0.25, 0.3) is 5.91 Å². The SMILES string of the molecule is COc1ccc(CNC(=O)CCCNC(=O)c2ccsc2)cc1OC. The zero-order valence-electron chi connectivity index (χ0n) is 14.3. The lowest BCUT2D eigenvalue weighted by atomic mass is 10.2. The molecule has 0 aliphatic carbocycles. The summed E-state index contributed by atoms with van der Waals surface area (Å²) in [4.78, 5) is 23.6. The predicted octanol–water partition coefficient (Wildman–Crippen LogP) is 2.59. The van der Waals surface area contributed by atoms with Crippen molar-refractivity contribution in [2.45, 2.75) is 19.4 Å². The molecule has 2 aromatic rings. The summed E-state index contributed by atoms with van der Waals surface area (Å²) in [5.41, 5.74) is 1.58. The number of carbonyl (C=O) groups is 2. The molecule has 0 aliphatic heterocycles. The second-order valence-corrected chi connectivity index (χ2v) is 6.12. The molecule has 7 heteroatoms. The highest BCUT2D eigenvalue weighted by Gasteiger charge is 2.07. The summed E-state index contributed by atoms with van der Waals surface area (Å²) in [7, 11) is 3.15. The number of rotatable bonds is 9. The average molecular weight is 362 g/mol. The number of hydrogen-bond acceptors (Lipinski definition) is 5. The normalized spacial score (nSPS) is 10.2. The quantitative estimate of drug-likeness (QED) is 0.672. The summed E-state index contributed by atoms with van der Waals surface area (Å²) >= 11 is 1.48. The number of ether oxygens (including phenoxy) is 2. The van der Waals surface area contributed by atoms with Gasteiger partial charge in [-0.05, 0) is 35.6 Å². The Hall–Kier alpha value is -2.54. The van der Waals surface area contributed by atoms with Gasteiger partial charge in [0, 0.05) is 30.5 Å². The summed E-state index contributed by atoms with van der Waals surface area (Å²) in [6.07, 6.45) is 0.949. The van der Waals surface area contributed by atoms with Crippen molar-refractivity contribution < 1.29 is 19.1 Å². The molecule has 134 valence electrons. The minimum atomic E-state index is -0.105. The molecule has 0 saturated heterocycles. The number of hydrogen-bond donors (Lipinski definition) is 2. The second-order valence-electron chi connectivity index (χ2n) is 5.34. The largest absolute Gasteiger partial charge is 0.493 e. The number of thiophene rings is 1. The molecular formula is C18H22N2O4S. The van der Waals surface area contributed by atoms with Crippen molar-refractivity contribution in [2.75, 3.05) is 20.8 Å². The van der Waals surface area contributed by atoms with Crippen molar-refractivity contribution in [3.63, 3.8) is 0 Å². The van der Waals surface area contributed by atoms with E-state index in [2.05, 4.69) is 10.6 Å². The molecule has 0 atom stereocenters. The van der Waals surface area contributed by atoms with Gasteiger partial charge in [-0.25, -0.2) is 0 Å². The molecule has 6 nitrogen and oxygen atoms in total. The smallest absolute Gasteiger partial charge is 0.252 e. The van der Waals surface area contributed by atoms with Crippen molar-refractivity contribution in [2.24, 2.45) is 0 Å². The first-order valence-electron chi connectivity index (χ1n) is 7.92. The van der Waals surface area contributed by atoms with Crippen molar-refractivity contribution in [3.8, 4) is 11.5 Å². The van der Waals surface area contributed by atoms with E-state index in [9.17, 15) is 9.59 Å². The Balaban J connectivity index is 1.68. The van der Waals surface area contributed by atoms with Crippen LogP contribution in [0.3, 0.4) is 0 Å². The van der Waals surface area contributed by atoms with Gasteiger partial charge in [0.05, 0.1) is 14.2 Å². The molecule has 0 radical (unpaired) electrons. The van der Waals surface area contributed by atoms with Crippen molar-refractivity contribution in [1.29, 1.82) is 0 Å². The molecule has 2 N–H and O–H groups in total. The maximum atomic E-state index is 11.9. The third-order valence-corrected chi connectivity index (χ3v) is 4.27. The first-order valence-corrected chi connectivity index (χ1v) is 8.86. The van der Waals surface area contributed by atoms with Gasteiger partial charge in [0.2, 0.25) is 5.91 Å². The van der Waals surface area contributed by atoms with Gasteiger partial charge in [-0.1, -0.05) is 6.07 Å². The van der Waals surface area contributed by atoms with Crippen LogP contribution in [0.15, 0.2) is 35.0 Å². The molecule has 2 amide bonds. The summed E-state index contributed by atoms with van der Waals surface area (Å²) in [5, 5.41) is 9.31. The fourth-order valence-electron chi connectivity index (χ4n) is 2.23. The highest BCUT2D eigenvalue weighted by molar-refractivity contribution is 7.08. The van der Waals surface area contributed by atoms with Gasteiger partial charge in [0.1, 0.15) is 0 Å².